The Balaban J connectivity index is 2.41. The van der Waals surface area contributed by atoms with E-state index in [4.69, 9.17) is 0 Å². The smallest absolute Gasteiger partial charge is 0.0380 e. The normalized spacial score (nSPS) is 33.0. The first kappa shape index (κ1) is 14.1. The van der Waals surface area contributed by atoms with Crippen LogP contribution in [-0.4, -0.2) is 0 Å². The van der Waals surface area contributed by atoms with Gasteiger partial charge in [0, 0.05) is 0 Å². The average molecular weight is 224 g/mol. The van der Waals surface area contributed by atoms with Gasteiger partial charge in [0.2, 0.25) is 0 Å². The summed E-state index contributed by atoms with van der Waals surface area (Å²) in [6.45, 7) is 14.4. The van der Waals surface area contributed by atoms with Gasteiger partial charge < -0.3 is 0 Å². The fourth-order valence-electron chi connectivity index (χ4n) is 3.47. The molecule has 0 spiro atoms. The van der Waals surface area contributed by atoms with Gasteiger partial charge in [-0.15, -0.1) is 0 Å². The first-order chi connectivity index (χ1) is 7.31. The molecule has 1 saturated carbocycles. The maximum atomic E-state index is 2.48. The highest BCUT2D eigenvalue weighted by atomic mass is 14.4. The van der Waals surface area contributed by atoms with Crippen molar-refractivity contribution in [2.45, 2.75) is 73.6 Å². The van der Waals surface area contributed by atoms with E-state index in [-0.39, 0.29) is 0 Å². The highest BCUT2D eigenvalue weighted by Crippen LogP contribution is 2.44. The zero-order chi connectivity index (χ0) is 12.3. The lowest BCUT2D eigenvalue weighted by atomic mass is 9.80. The average Bonchev–Trinajstić information content (AvgIpc) is 2.44. The van der Waals surface area contributed by atoms with E-state index in [0.717, 1.165) is 23.7 Å². The van der Waals surface area contributed by atoms with E-state index in [2.05, 4.69) is 41.5 Å². The van der Waals surface area contributed by atoms with Crippen molar-refractivity contribution in [2.24, 2.45) is 29.1 Å². The Labute approximate surface area is 103 Å². The van der Waals surface area contributed by atoms with Gasteiger partial charge in [-0.2, -0.15) is 0 Å². The van der Waals surface area contributed by atoms with Crippen LogP contribution in [0.3, 0.4) is 0 Å². The molecule has 0 aliphatic heterocycles. The number of rotatable bonds is 4. The van der Waals surface area contributed by atoms with E-state index in [1.54, 1.807) is 0 Å². The molecule has 1 rings (SSSR count). The van der Waals surface area contributed by atoms with Gasteiger partial charge in [0.1, 0.15) is 0 Å². The van der Waals surface area contributed by atoms with E-state index < -0.39 is 0 Å². The van der Waals surface area contributed by atoms with Crippen molar-refractivity contribution in [1.29, 1.82) is 0 Å². The van der Waals surface area contributed by atoms with E-state index in [1.165, 1.54) is 32.1 Å². The maximum Gasteiger partial charge on any atom is -0.0380 e. The van der Waals surface area contributed by atoms with Crippen LogP contribution in [0.1, 0.15) is 73.6 Å². The molecular formula is C16H32. The predicted octanol–water partition coefficient (Wildman–Crippen LogP) is 5.52. The second kappa shape index (κ2) is 5.56. The van der Waals surface area contributed by atoms with Crippen LogP contribution in [-0.2, 0) is 0 Å². The van der Waals surface area contributed by atoms with Crippen LogP contribution in [0.15, 0.2) is 0 Å². The van der Waals surface area contributed by atoms with Crippen LogP contribution in [0, 0.1) is 29.1 Å². The standard InChI is InChI=1S/C16H32/c1-7-12(2)8-14-9-13(3)15(10-14)11-16(4,5)6/h12-15H,7-11H2,1-6H3. The molecule has 0 aromatic heterocycles. The Morgan fingerprint density at radius 3 is 2.31 bits per heavy atom. The van der Waals surface area contributed by atoms with Gasteiger partial charge in [0.25, 0.3) is 0 Å². The summed E-state index contributed by atoms with van der Waals surface area (Å²) >= 11 is 0. The van der Waals surface area contributed by atoms with Crippen LogP contribution in [0.2, 0.25) is 0 Å². The first-order valence-electron chi connectivity index (χ1n) is 7.31. The van der Waals surface area contributed by atoms with Gasteiger partial charge in [-0.25, -0.2) is 0 Å². The maximum absolute atomic E-state index is 2.48. The van der Waals surface area contributed by atoms with E-state index >= 15 is 0 Å². The highest BCUT2D eigenvalue weighted by Gasteiger charge is 2.33. The third-order valence-electron chi connectivity index (χ3n) is 4.45. The van der Waals surface area contributed by atoms with E-state index in [0.29, 0.717) is 5.41 Å². The molecule has 0 aromatic carbocycles. The molecule has 0 aromatic rings. The minimum absolute atomic E-state index is 0.518. The lowest BCUT2D eigenvalue weighted by Gasteiger charge is -2.25. The van der Waals surface area contributed by atoms with Crippen molar-refractivity contribution in [3.63, 3.8) is 0 Å². The zero-order valence-corrected chi connectivity index (χ0v) is 12.3. The van der Waals surface area contributed by atoms with Gasteiger partial charge >= 0.3 is 0 Å². The summed E-state index contributed by atoms with van der Waals surface area (Å²) in [7, 11) is 0. The van der Waals surface area contributed by atoms with Crippen molar-refractivity contribution in [1.82, 2.24) is 0 Å². The van der Waals surface area contributed by atoms with E-state index in [9.17, 15) is 0 Å². The van der Waals surface area contributed by atoms with E-state index in [1.807, 2.05) is 0 Å². The van der Waals surface area contributed by atoms with Crippen LogP contribution < -0.4 is 0 Å². The van der Waals surface area contributed by atoms with Gasteiger partial charge in [-0.3, -0.25) is 0 Å². The van der Waals surface area contributed by atoms with Gasteiger partial charge in [-0.05, 0) is 54.8 Å². The Bertz CT molecular complexity index is 199. The van der Waals surface area contributed by atoms with Crippen molar-refractivity contribution >= 4 is 0 Å². The minimum atomic E-state index is 0.518. The summed E-state index contributed by atoms with van der Waals surface area (Å²) < 4.78 is 0. The molecule has 1 fully saturated rings. The van der Waals surface area contributed by atoms with Crippen molar-refractivity contribution < 1.29 is 0 Å². The minimum Gasteiger partial charge on any atom is -0.0651 e. The molecule has 96 valence electrons. The topological polar surface area (TPSA) is 0 Å². The summed E-state index contributed by atoms with van der Waals surface area (Å²) in [6, 6.07) is 0. The first-order valence-corrected chi connectivity index (χ1v) is 7.31. The molecule has 0 nitrogen and oxygen atoms in total. The molecule has 0 N–H and O–H groups in total. The fraction of sp³-hybridized carbons (Fsp3) is 1.00. The molecule has 1 aliphatic rings. The molecule has 0 amide bonds. The molecule has 0 bridgehead atoms. The molecule has 16 heavy (non-hydrogen) atoms. The monoisotopic (exact) mass is 224 g/mol. The summed E-state index contributed by atoms with van der Waals surface area (Å²) in [5.74, 6) is 3.92. The van der Waals surface area contributed by atoms with Crippen LogP contribution >= 0.6 is 0 Å². The SMILES string of the molecule is CCC(C)CC1CC(C)C(CC(C)(C)C)C1. The Morgan fingerprint density at radius 2 is 1.81 bits per heavy atom. The molecule has 4 atom stereocenters. The zero-order valence-electron chi connectivity index (χ0n) is 12.3. The molecule has 0 saturated heterocycles. The van der Waals surface area contributed by atoms with Crippen LogP contribution in [0.5, 0.6) is 0 Å². The fourth-order valence-corrected chi connectivity index (χ4v) is 3.47. The van der Waals surface area contributed by atoms with Crippen molar-refractivity contribution in [3.05, 3.63) is 0 Å². The second-order valence-electron chi connectivity index (χ2n) is 7.59. The van der Waals surface area contributed by atoms with Crippen LogP contribution in [0.4, 0.5) is 0 Å². The summed E-state index contributed by atoms with van der Waals surface area (Å²) in [4.78, 5) is 0. The summed E-state index contributed by atoms with van der Waals surface area (Å²) in [6.07, 6.45) is 7.25. The number of hydrogen-bond acceptors (Lipinski definition) is 0. The summed E-state index contributed by atoms with van der Waals surface area (Å²) in [5.41, 5.74) is 0.518. The van der Waals surface area contributed by atoms with Gasteiger partial charge in [0.15, 0.2) is 0 Å². The second-order valence-corrected chi connectivity index (χ2v) is 7.59. The molecule has 0 heterocycles. The number of hydrogen-bond donors (Lipinski definition) is 0. The Kier molecular flexibility index (Phi) is 4.88. The quantitative estimate of drug-likeness (QED) is 0.589. The highest BCUT2D eigenvalue weighted by molar-refractivity contribution is 4.84. The largest absolute Gasteiger partial charge is 0.0651 e. The van der Waals surface area contributed by atoms with Gasteiger partial charge in [0.05, 0.1) is 0 Å². The van der Waals surface area contributed by atoms with Crippen molar-refractivity contribution in [2.75, 3.05) is 0 Å². The van der Waals surface area contributed by atoms with Crippen LogP contribution in [0.25, 0.3) is 0 Å². The van der Waals surface area contributed by atoms with Gasteiger partial charge in [-0.1, -0.05) is 48.0 Å². The molecule has 4 unspecified atom stereocenters. The lowest BCUT2D eigenvalue weighted by molar-refractivity contribution is 0.255. The Hall–Kier alpha value is 0. The third kappa shape index (κ3) is 4.47. The predicted molar refractivity (Wildman–Crippen MR) is 73.5 cm³/mol. The third-order valence-corrected chi connectivity index (χ3v) is 4.45. The Morgan fingerprint density at radius 1 is 1.19 bits per heavy atom. The molecule has 0 heteroatoms. The molecular weight excluding hydrogens is 192 g/mol. The lowest BCUT2D eigenvalue weighted by Crippen LogP contribution is -2.15. The van der Waals surface area contributed by atoms with Crippen molar-refractivity contribution in [3.8, 4) is 0 Å². The molecule has 1 aliphatic carbocycles. The summed E-state index contributed by atoms with van der Waals surface area (Å²) in [5, 5.41) is 0. The molecule has 0 radical (unpaired) electrons.